The molecular weight excluding hydrogens is 246 g/mol. The first-order valence-corrected chi connectivity index (χ1v) is 6.19. The van der Waals surface area contributed by atoms with Crippen molar-refractivity contribution in [3.8, 4) is 0 Å². The van der Waals surface area contributed by atoms with Crippen molar-refractivity contribution in [1.82, 2.24) is 4.98 Å². The highest BCUT2D eigenvalue weighted by atomic mass is 35.5. The molecule has 1 atom stereocenters. The standard InChI is InChI=1S/C15H14ClNO/c1-11-3-2-4-13(9-11)14(15(16)18)10-12-5-7-17-8-6-12/h2-9,14H,10H2,1H3. The number of rotatable bonds is 4. The van der Waals surface area contributed by atoms with E-state index in [-0.39, 0.29) is 11.2 Å². The van der Waals surface area contributed by atoms with Gasteiger partial charge >= 0.3 is 0 Å². The van der Waals surface area contributed by atoms with Gasteiger partial charge in [0.15, 0.2) is 0 Å². The zero-order valence-electron chi connectivity index (χ0n) is 10.1. The molecule has 1 heterocycles. The quantitative estimate of drug-likeness (QED) is 0.787. The Bertz CT molecular complexity index is 539. The van der Waals surface area contributed by atoms with Gasteiger partial charge in [0, 0.05) is 12.4 Å². The maximum atomic E-state index is 11.6. The molecule has 0 fully saturated rings. The number of aryl methyl sites for hydroxylation is 1. The fourth-order valence-electron chi connectivity index (χ4n) is 1.97. The minimum atomic E-state index is -0.322. The molecule has 0 N–H and O–H groups in total. The van der Waals surface area contributed by atoms with E-state index in [1.54, 1.807) is 12.4 Å². The number of nitrogens with zero attached hydrogens (tertiary/aromatic N) is 1. The van der Waals surface area contributed by atoms with Crippen molar-refractivity contribution in [3.05, 3.63) is 65.5 Å². The molecule has 3 heteroatoms. The second-order valence-electron chi connectivity index (χ2n) is 4.33. The summed E-state index contributed by atoms with van der Waals surface area (Å²) in [5.41, 5.74) is 3.16. The molecule has 0 aliphatic rings. The molecule has 0 aliphatic heterocycles. The molecule has 0 bridgehead atoms. The SMILES string of the molecule is Cc1cccc(C(Cc2ccncc2)C(=O)Cl)c1. The van der Waals surface area contributed by atoms with Gasteiger partial charge in [-0.25, -0.2) is 0 Å². The molecule has 1 aromatic carbocycles. The lowest BCUT2D eigenvalue weighted by Gasteiger charge is -2.13. The Balaban J connectivity index is 2.27. The molecule has 1 unspecified atom stereocenters. The molecule has 18 heavy (non-hydrogen) atoms. The van der Waals surface area contributed by atoms with Crippen LogP contribution in [0.3, 0.4) is 0 Å². The van der Waals surface area contributed by atoms with Crippen LogP contribution in [0, 0.1) is 6.92 Å². The van der Waals surface area contributed by atoms with Gasteiger partial charge in [-0.1, -0.05) is 29.8 Å². The third-order valence-corrected chi connectivity index (χ3v) is 3.17. The van der Waals surface area contributed by atoms with Crippen molar-refractivity contribution in [1.29, 1.82) is 0 Å². The number of pyridine rings is 1. The number of benzene rings is 1. The number of halogens is 1. The van der Waals surface area contributed by atoms with Gasteiger partial charge in [-0.15, -0.1) is 0 Å². The zero-order valence-corrected chi connectivity index (χ0v) is 10.9. The highest BCUT2D eigenvalue weighted by molar-refractivity contribution is 6.64. The lowest BCUT2D eigenvalue weighted by atomic mass is 9.92. The number of carbonyl (C=O) groups is 1. The maximum absolute atomic E-state index is 11.6. The van der Waals surface area contributed by atoms with Gasteiger partial charge < -0.3 is 0 Å². The molecule has 0 radical (unpaired) electrons. The highest BCUT2D eigenvalue weighted by Crippen LogP contribution is 2.24. The average molecular weight is 260 g/mol. The molecule has 0 spiro atoms. The fourth-order valence-corrected chi connectivity index (χ4v) is 2.17. The Kier molecular flexibility index (Phi) is 4.11. The Morgan fingerprint density at radius 2 is 2.00 bits per heavy atom. The summed E-state index contributed by atoms with van der Waals surface area (Å²) >= 11 is 5.73. The predicted octanol–water partition coefficient (Wildman–Crippen LogP) is 3.48. The minimum absolute atomic E-state index is 0.297. The Hall–Kier alpha value is -1.67. The second-order valence-corrected chi connectivity index (χ2v) is 4.70. The van der Waals surface area contributed by atoms with Gasteiger partial charge in [0.2, 0.25) is 5.24 Å². The molecule has 2 nitrogen and oxygen atoms in total. The molecule has 0 amide bonds. The summed E-state index contributed by atoms with van der Waals surface area (Å²) in [6.45, 7) is 2.01. The van der Waals surface area contributed by atoms with Crippen molar-refractivity contribution in [2.45, 2.75) is 19.3 Å². The first-order valence-electron chi connectivity index (χ1n) is 5.81. The van der Waals surface area contributed by atoms with Gasteiger partial charge in [-0.05, 0) is 48.2 Å². The van der Waals surface area contributed by atoms with E-state index in [0.717, 1.165) is 16.7 Å². The normalized spacial score (nSPS) is 12.1. The number of hydrogen-bond acceptors (Lipinski definition) is 2. The summed E-state index contributed by atoms with van der Waals surface area (Å²) in [7, 11) is 0. The monoisotopic (exact) mass is 259 g/mol. The van der Waals surface area contributed by atoms with Crippen molar-refractivity contribution >= 4 is 16.8 Å². The molecule has 1 aromatic heterocycles. The summed E-state index contributed by atoms with van der Waals surface area (Å²) in [6.07, 6.45) is 4.05. The van der Waals surface area contributed by atoms with Crippen molar-refractivity contribution < 1.29 is 4.79 Å². The van der Waals surface area contributed by atoms with Gasteiger partial charge in [-0.3, -0.25) is 9.78 Å². The highest BCUT2D eigenvalue weighted by Gasteiger charge is 2.19. The summed E-state index contributed by atoms with van der Waals surface area (Å²) in [5, 5.41) is -0.322. The van der Waals surface area contributed by atoms with Crippen LogP contribution >= 0.6 is 11.6 Å². The van der Waals surface area contributed by atoms with E-state index in [9.17, 15) is 4.79 Å². The largest absolute Gasteiger partial charge is 0.281 e. The van der Waals surface area contributed by atoms with E-state index >= 15 is 0 Å². The Morgan fingerprint density at radius 1 is 1.28 bits per heavy atom. The third-order valence-electron chi connectivity index (χ3n) is 2.91. The van der Waals surface area contributed by atoms with Crippen LogP contribution in [0.15, 0.2) is 48.8 Å². The lowest BCUT2D eigenvalue weighted by molar-refractivity contribution is -0.113. The van der Waals surface area contributed by atoms with Crippen molar-refractivity contribution in [3.63, 3.8) is 0 Å². The van der Waals surface area contributed by atoms with Crippen LogP contribution in [0.25, 0.3) is 0 Å². The smallest absolute Gasteiger partial charge is 0.229 e. The van der Waals surface area contributed by atoms with Crippen LogP contribution in [-0.2, 0) is 11.2 Å². The van der Waals surface area contributed by atoms with E-state index in [1.165, 1.54) is 0 Å². The first kappa shape index (κ1) is 12.8. The predicted molar refractivity (Wildman–Crippen MR) is 72.7 cm³/mol. The number of aromatic nitrogens is 1. The molecule has 92 valence electrons. The van der Waals surface area contributed by atoms with E-state index in [4.69, 9.17) is 11.6 Å². The molecule has 0 saturated heterocycles. The van der Waals surface area contributed by atoms with Gasteiger partial charge in [-0.2, -0.15) is 0 Å². The molecule has 2 aromatic rings. The Morgan fingerprint density at radius 3 is 2.61 bits per heavy atom. The van der Waals surface area contributed by atoms with Crippen LogP contribution in [0.2, 0.25) is 0 Å². The molecular formula is C15H14ClNO. The van der Waals surface area contributed by atoms with Crippen LogP contribution < -0.4 is 0 Å². The van der Waals surface area contributed by atoms with Gasteiger partial charge in [0.1, 0.15) is 0 Å². The number of hydrogen-bond donors (Lipinski definition) is 0. The fraction of sp³-hybridized carbons (Fsp3) is 0.200. The van der Waals surface area contributed by atoms with Crippen LogP contribution in [0.1, 0.15) is 22.6 Å². The van der Waals surface area contributed by atoms with Crippen molar-refractivity contribution in [2.24, 2.45) is 0 Å². The second kappa shape index (κ2) is 5.78. The van der Waals surface area contributed by atoms with Crippen LogP contribution in [-0.4, -0.2) is 10.2 Å². The third kappa shape index (κ3) is 3.17. The van der Waals surface area contributed by atoms with E-state index in [0.29, 0.717) is 6.42 Å². The van der Waals surface area contributed by atoms with Gasteiger partial charge in [0.05, 0.1) is 5.92 Å². The topological polar surface area (TPSA) is 30.0 Å². The van der Waals surface area contributed by atoms with Crippen LogP contribution in [0.4, 0.5) is 0 Å². The summed E-state index contributed by atoms with van der Waals surface area (Å²) in [4.78, 5) is 15.6. The summed E-state index contributed by atoms with van der Waals surface area (Å²) < 4.78 is 0. The Labute approximate surface area is 112 Å². The molecule has 0 aliphatic carbocycles. The zero-order chi connectivity index (χ0) is 13.0. The molecule has 0 saturated carbocycles. The van der Waals surface area contributed by atoms with E-state index in [2.05, 4.69) is 4.98 Å². The molecule has 2 rings (SSSR count). The number of carbonyl (C=O) groups excluding carboxylic acids is 1. The summed E-state index contributed by atoms with van der Waals surface area (Å²) in [5.74, 6) is -0.297. The van der Waals surface area contributed by atoms with Crippen LogP contribution in [0.5, 0.6) is 0 Å². The minimum Gasteiger partial charge on any atom is -0.281 e. The van der Waals surface area contributed by atoms with E-state index < -0.39 is 0 Å². The average Bonchev–Trinajstić information content (AvgIpc) is 2.37. The van der Waals surface area contributed by atoms with Gasteiger partial charge in [0.25, 0.3) is 0 Å². The van der Waals surface area contributed by atoms with Crippen molar-refractivity contribution in [2.75, 3.05) is 0 Å². The van der Waals surface area contributed by atoms with E-state index in [1.807, 2.05) is 43.3 Å². The first-order chi connectivity index (χ1) is 8.66. The lowest BCUT2D eigenvalue weighted by Crippen LogP contribution is -2.10. The summed E-state index contributed by atoms with van der Waals surface area (Å²) in [6, 6.07) is 11.7. The maximum Gasteiger partial charge on any atom is 0.229 e.